The molecular weight excluding hydrogens is 1050 g/mol. The van der Waals surface area contributed by atoms with Gasteiger partial charge in [-0.2, -0.15) is 34.5 Å². The number of hydrogen-bond acceptors (Lipinski definition) is 10. The van der Waals surface area contributed by atoms with Gasteiger partial charge < -0.3 is 18.6 Å². The Morgan fingerprint density at radius 2 is 0.889 bits per heavy atom. The fourth-order valence-corrected chi connectivity index (χ4v) is 6.13. The third-order valence-corrected chi connectivity index (χ3v) is 8.23. The van der Waals surface area contributed by atoms with E-state index in [9.17, 15) is 0 Å². The van der Waals surface area contributed by atoms with Crippen LogP contribution in [0.1, 0.15) is 0 Å². The molecule has 0 unspecified atom stereocenters. The first-order chi connectivity index (χ1) is 25.8. The molecule has 0 atom stereocenters. The summed E-state index contributed by atoms with van der Waals surface area (Å²) in [6.45, 7) is 0. The van der Waals surface area contributed by atoms with E-state index in [0.29, 0.717) is 45.9 Å². The zero-order chi connectivity index (χ0) is 34.4. The summed E-state index contributed by atoms with van der Waals surface area (Å²) in [5, 5.41) is 10.2. The minimum atomic E-state index is 0. The van der Waals surface area contributed by atoms with Gasteiger partial charge in [0.1, 0.15) is 25.3 Å². The van der Waals surface area contributed by atoms with Crippen molar-refractivity contribution < 1.29 is 51.6 Å². The van der Waals surface area contributed by atoms with Gasteiger partial charge in [-0.3, -0.25) is 9.36 Å². The molecule has 10 aromatic rings. The van der Waals surface area contributed by atoms with Crippen LogP contribution in [0.15, 0.2) is 123 Å². The third-order valence-electron chi connectivity index (χ3n) is 8.23. The third kappa shape index (κ3) is 6.15. The summed E-state index contributed by atoms with van der Waals surface area (Å²) < 4.78 is 19.9. The van der Waals surface area contributed by atoms with Crippen LogP contribution in [0.4, 0.5) is 0 Å². The Kier molecular flexibility index (Phi) is 9.37. The van der Waals surface area contributed by atoms with E-state index in [4.69, 9.17) is 9.47 Å². The number of hydrogen-bond donors (Lipinski definition) is 0. The van der Waals surface area contributed by atoms with Gasteiger partial charge in [-0.15, -0.1) is 60.7 Å². The van der Waals surface area contributed by atoms with E-state index in [1.807, 2.05) is 94.3 Å². The van der Waals surface area contributed by atoms with Gasteiger partial charge in [0.05, 0.1) is 0 Å². The molecule has 0 aliphatic heterocycles. The molecule has 0 fully saturated rings. The van der Waals surface area contributed by atoms with E-state index in [-0.39, 0.29) is 42.1 Å². The zero-order valence-electron chi connectivity index (χ0n) is 27.4. The molecule has 6 heterocycles. The van der Waals surface area contributed by atoms with Crippen LogP contribution in [0.25, 0.3) is 56.1 Å². The zero-order valence-corrected chi connectivity index (χ0v) is 31.9. The van der Waals surface area contributed by atoms with Crippen LogP contribution >= 0.6 is 0 Å². The van der Waals surface area contributed by atoms with Crippen molar-refractivity contribution in [2.75, 3.05) is 0 Å². The average molecular weight is 1070 g/mol. The molecule has 0 saturated carbocycles. The topological polar surface area (TPSA) is 141 Å². The number of ether oxygens (including phenoxy) is 2. The molecule has 10 rings (SSSR count). The number of benzene rings is 4. The van der Waals surface area contributed by atoms with Crippen molar-refractivity contribution in [1.82, 2.24) is 58.6 Å². The second-order valence-electron chi connectivity index (χ2n) is 11.3. The first-order valence-corrected chi connectivity index (χ1v) is 15.9. The van der Waals surface area contributed by atoms with E-state index in [2.05, 4.69) is 64.4 Å². The smallest absolute Gasteiger partial charge is 0.509 e. The maximum Gasteiger partial charge on any atom is 2.00 e. The molecule has 0 aliphatic rings. The molecule has 54 heavy (non-hydrogen) atoms. The average Bonchev–Trinajstić information content (AvgIpc) is 4.02. The Morgan fingerprint density at radius 1 is 0.463 bits per heavy atom. The van der Waals surface area contributed by atoms with Crippen molar-refractivity contribution in [3.63, 3.8) is 0 Å². The van der Waals surface area contributed by atoms with Gasteiger partial charge in [-0.05, 0) is 23.5 Å². The van der Waals surface area contributed by atoms with Crippen LogP contribution in [0.2, 0.25) is 0 Å². The molecule has 0 spiro atoms. The van der Waals surface area contributed by atoms with Crippen LogP contribution < -0.4 is 9.47 Å². The quantitative estimate of drug-likeness (QED) is 0.161. The summed E-state index contributed by atoms with van der Waals surface area (Å²) in [6.07, 6.45) is 12.9. The monoisotopic (exact) mass is 1070 g/mol. The predicted octanol–water partition coefficient (Wildman–Crippen LogP) is 6.25. The van der Waals surface area contributed by atoms with E-state index in [1.165, 1.54) is 25.3 Å². The molecule has 0 amide bonds. The van der Waals surface area contributed by atoms with Crippen molar-refractivity contribution in [3.05, 3.63) is 147 Å². The van der Waals surface area contributed by atoms with E-state index >= 15 is 0 Å². The van der Waals surface area contributed by atoms with Gasteiger partial charge in [0.15, 0.2) is 0 Å². The maximum atomic E-state index is 6.31. The number of rotatable bonds is 8. The Hall–Kier alpha value is -6.36. The van der Waals surface area contributed by atoms with Crippen LogP contribution in [0, 0.1) is 24.3 Å². The minimum absolute atomic E-state index is 0. The Balaban J connectivity index is 0.00000207. The summed E-state index contributed by atoms with van der Waals surface area (Å²) in [5.41, 5.74) is 4.34. The standard InChI is InChI=1S/C38H20N12O2.2Pt/c1-5-25(47-15-3-13-45-47)17-27(7-1)51-29-9-11-31-33(19-29)49(37-41-21-39-22-42-37)36-32-12-10-30(20-34(32)50(35(31)36)38-43-23-40-24-44-38)52-28-8-2-6-26(18-28)48-16-4-14-46-48;;/h1-16,21-24H;;/q-4;2*+2. The first-order valence-electron chi connectivity index (χ1n) is 15.9. The van der Waals surface area contributed by atoms with Gasteiger partial charge in [0, 0.05) is 58.8 Å². The Bertz CT molecular complexity index is 2670. The summed E-state index contributed by atoms with van der Waals surface area (Å²) in [5.74, 6) is 2.70. The summed E-state index contributed by atoms with van der Waals surface area (Å²) in [7, 11) is 0. The number of fused-ring (bicyclic) bond motifs is 5. The molecule has 4 aromatic carbocycles. The number of aromatic nitrogens is 12. The van der Waals surface area contributed by atoms with Crippen LogP contribution in [0.3, 0.4) is 0 Å². The molecule has 0 aliphatic carbocycles. The molecule has 0 bridgehead atoms. The van der Waals surface area contributed by atoms with E-state index in [1.54, 1.807) is 21.8 Å². The molecule has 0 N–H and O–H groups in total. The van der Waals surface area contributed by atoms with Gasteiger partial charge in [-0.1, -0.05) is 21.8 Å². The predicted molar refractivity (Wildman–Crippen MR) is 187 cm³/mol. The fourth-order valence-electron chi connectivity index (χ4n) is 6.13. The molecule has 6 aromatic heterocycles. The van der Waals surface area contributed by atoms with Crippen molar-refractivity contribution in [3.8, 4) is 46.3 Å². The fraction of sp³-hybridized carbons (Fsp3) is 0. The van der Waals surface area contributed by atoms with Crippen molar-refractivity contribution >= 4 is 32.8 Å². The van der Waals surface area contributed by atoms with Crippen LogP contribution in [-0.2, 0) is 42.1 Å². The van der Waals surface area contributed by atoms with E-state index in [0.717, 1.165) is 33.2 Å². The van der Waals surface area contributed by atoms with Crippen LogP contribution in [0.5, 0.6) is 23.0 Å². The molecular formula is C38H20N12O2Pt2. The second-order valence-corrected chi connectivity index (χ2v) is 11.3. The summed E-state index contributed by atoms with van der Waals surface area (Å²) in [6, 6.07) is 36.0. The molecule has 264 valence electrons. The van der Waals surface area contributed by atoms with Gasteiger partial charge in [-0.25, -0.2) is 29.9 Å². The van der Waals surface area contributed by atoms with Crippen molar-refractivity contribution in [2.45, 2.75) is 0 Å². The molecule has 14 nitrogen and oxygen atoms in total. The molecule has 0 radical (unpaired) electrons. The molecule has 0 saturated heterocycles. The van der Waals surface area contributed by atoms with Gasteiger partial charge >= 0.3 is 42.1 Å². The largest absolute Gasteiger partial charge is 2.00 e. The SMILES string of the molecule is [Pt+2].[Pt+2].[c-]1c(Oc2[c-]c3c(cc2)c2c(c4ccc(Oc5[c-]c(-n6cccn6)ccc5)[c-]c4n2-c2ncncn2)n3-c2ncncn2)cccc1-n1cccn1. The van der Waals surface area contributed by atoms with E-state index < -0.39 is 0 Å². The minimum Gasteiger partial charge on any atom is -0.509 e. The number of nitrogens with zero attached hydrogens (tertiary/aromatic N) is 12. The van der Waals surface area contributed by atoms with Crippen LogP contribution in [-0.4, -0.2) is 58.6 Å². The summed E-state index contributed by atoms with van der Waals surface area (Å²) >= 11 is 0. The Labute approximate surface area is 334 Å². The van der Waals surface area contributed by atoms with Crippen molar-refractivity contribution in [2.24, 2.45) is 0 Å². The maximum absolute atomic E-state index is 6.31. The van der Waals surface area contributed by atoms with Gasteiger partial charge in [0.25, 0.3) is 0 Å². The first kappa shape index (κ1) is 34.7. The Morgan fingerprint density at radius 3 is 1.30 bits per heavy atom. The normalized spacial score (nSPS) is 11.0. The van der Waals surface area contributed by atoms with Gasteiger partial charge in [0.2, 0.25) is 11.9 Å². The summed E-state index contributed by atoms with van der Waals surface area (Å²) in [4.78, 5) is 26.3. The second kappa shape index (κ2) is 14.6. The van der Waals surface area contributed by atoms with Crippen molar-refractivity contribution in [1.29, 1.82) is 0 Å². The molecule has 16 heteroatoms.